The minimum absolute atomic E-state index is 0.187. The number of nitrogen functional groups attached to an aromatic ring is 1. The first-order valence-corrected chi connectivity index (χ1v) is 5.68. The van der Waals surface area contributed by atoms with Gasteiger partial charge in [-0.1, -0.05) is 12.1 Å². The average molecular weight is 266 g/mol. The first-order valence-electron chi connectivity index (χ1n) is 5.68. The monoisotopic (exact) mass is 266 g/mol. The minimum Gasteiger partial charge on any atom is -0.398 e. The largest absolute Gasteiger partial charge is 0.398 e. The van der Waals surface area contributed by atoms with E-state index in [0.717, 1.165) is 0 Å². The Balaban J connectivity index is 2.13. The fourth-order valence-corrected chi connectivity index (χ4v) is 1.54. The van der Waals surface area contributed by atoms with E-state index in [9.17, 15) is 9.59 Å². The molecule has 0 saturated heterocycles. The predicted octanol–water partition coefficient (Wildman–Crippen LogP) is 1.11. The molecule has 1 aromatic carbocycles. The quantitative estimate of drug-likeness (QED) is 0.625. The summed E-state index contributed by atoms with van der Waals surface area (Å²) in [5.41, 5.74) is 6.55. The van der Waals surface area contributed by atoms with Gasteiger partial charge in [0.1, 0.15) is 11.8 Å². The molecule has 0 aliphatic carbocycles. The summed E-state index contributed by atoms with van der Waals surface area (Å²) in [5, 5.41) is 10.8. The normalized spacial score (nSPS) is 9.55. The number of nitrogens with one attached hydrogen (secondary N) is 1. The zero-order valence-corrected chi connectivity index (χ0v) is 10.3. The van der Waals surface area contributed by atoms with Crippen molar-refractivity contribution >= 4 is 17.5 Å². The molecule has 1 aromatic heterocycles. The van der Waals surface area contributed by atoms with Crippen molar-refractivity contribution in [2.24, 2.45) is 0 Å². The van der Waals surface area contributed by atoms with Gasteiger partial charge in [-0.3, -0.25) is 14.9 Å². The Morgan fingerprint density at radius 3 is 2.50 bits per heavy atom. The Bertz CT molecular complexity index is 702. The first kappa shape index (κ1) is 13.2. The number of hydrogen-bond acceptors (Lipinski definition) is 5. The number of carbonyl (C=O) groups is 2. The highest BCUT2D eigenvalue weighted by Crippen LogP contribution is 2.10. The number of benzene rings is 1. The summed E-state index contributed by atoms with van der Waals surface area (Å²) in [6.07, 6.45) is 1.23. The van der Waals surface area contributed by atoms with Gasteiger partial charge in [0.05, 0.1) is 11.1 Å². The summed E-state index contributed by atoms with van der Waals surface area (Å²) in [6, 6.07) is 11.1. The lowest BCUT2D eigenvalue weighted by atomic mass is 10.1. The van der Waals surface area contributed by atoms with Crippen LogP contribution in [0.25, 0.3) is 0 Å². The summed E-state index contributed by atoms with van der Waals surface area (Å²) in [4.78, 5) is 27.5. The highest BCUT2D eigenvalue weighted by Gasteiger charge is 2.14. The van der Waals surface area contributed by atoms with Crippen LogP contribution >= 0.6 is 0 Å². The van der Waals surface area contributed by atoms with Gasteiger partial charge in [-0.05, 0) is 24.3 Å². The molecule has 2 amide bonds. The highest BCUT2D eigenvalue weighted by atomic mass is 16.2. The van der Waals surface area contributed by atoms with Crippen LogP contribution in [0.4, 0.5) is 5.69 Å². The van der Waals surface area contributed by atoms with Gasteiger partial charge in [-0.25, -0.2) is 4.98 Å². The van der Waals surface area contributed by atoms with Crippen molar-refractivity contribution in [3.05, 3.63) is 59.4 Å². The molecule has 20 heavy (non-hydrogen) atoms. The first-order chi connectivity index (χ1) is 9.61. The van der Waals surface area contributed by atoms with E-state index in [-0.39, 0.29) is 22.5 Å². The van der Waals surface area contributed by atoms with Crippen LogP contribution in [-0.2, 0) is 0 Å². The molecule has 0 saturated carbocycles. The van der Waals surface area contributed by atoms with Gasteiger partial charge < -0.3 is 5.73 Å². The van der Waals surface area contributed by atoms with E-state index in [1.807, 2.05) is 6.07 Å². The third-order valence-electron chi connectivity index (χ3n) is 2.57. The number of hydrogen-bond donors (Lipinski definition) is 2. The van der Waals surface area contributed by atoms with Gasteiger partial charge in [0.2, 0.25) is 0 Å². The summed E-state index contributed by atoms with van der Waals surface area (Å²) in [7, 11) is 0. The number of nitriles is 1. The third kappa shape index (κ3) is 2.79. The summed E-state index contributed by atoms with van der Waals surface area (Å²) in [5.74, 6) is -1.19. The van der Waals surface area contributed by atoms with Crippen LogP contribution in [0, 0.1) is 11.3 Å². The number of nitrogens with zero attached hydrogens (tertiary/aromatic N) is 2. The molecule has 1 heterocycles. The highest BCUT2D eigenvalue weighted by molar-refractivity contribution is 6.12. The number of rotatable bonds is 2. The molecule has 0 fully saturated rings. The van der Waals surface area contributed by atoms with Crippen molar-refractivity contribution in [3.63, 3.8) is 0 Å². The van der Waals surface area contributed by atoms with E-state index in [0.29, 0.717) is 0 Å². The van der Waals surface area contributed by atoms with Gasteiger partial charge in [-0.2, -0.15) is 5.26 Å². The van der Waals surface area contributed by atoms with E-state index < -0.39 is 11.8 Å². The van der Waals surface area contributed by atoms with Crippen molar-refractivity contribution < 1.29 is 9.59 Å². The molecule has 2 aromatic rings. The van der Waals surface area contributed by atoms with Gasteiger partial charge in [0.25, 0.3) is 11.8 Å². The smallest absolute Gasteiger partial charge is 0.260 e. The maximum Gasteiger partial charge on any atom is 0.260 e. The van der Waals surface area contributed by atoms with E-state index in [1.165, 1.54) is 24.4 Å². The lowest BCUT2D eigenvalue weighted by molar-refractivity contribution is 0.0849. The molecule has 6 nitrogen and oxygen atoms in total. The number of nitrogens with two attached hydrogens (primary N) is 1. The summed E-state index contributed by atoms with van der Waals surface area (Å²) in [6.45, 7) is 0. The maximum absolute atomic E-state index is 11.9. The second-order valence-corrected chi connectivity index (χ2v) is 3.91. The number of para-hydroxylation sites is 1. The number of amides is 2. The Morgan fingerprint density at radius 1 is 1.15 bits per heavy atom. The van der Waals surface area contributed by atoms with Crippen LogP contribution in [0.15, 0.2) is 42.6 Å². The Labute approximate surface area is 114 Å². The lowest BCUT2D eigenvalue weighted by Crippen LogP contribution is -2.31. The van der Waals surface area contributed by atoms with Crippen molar-refractivity contribution in [2.75, 3.05) is 5.73 Å². The molecule has 0 aliphatic heterocycles. The Morgan fingerprint density at radius 2 is 1.90 bits per heavy atom. The third-order valence-corrected chi connectivity index (χ3v) is 2.57. The fourth-order valence-electron chi connectivity index (χ4n) is 1.54. The van der Waals surface area contributed by atoms with E-state index in [1.54, 1.807) is 18.2 Å². The Hall–Kier alpha value is -3.20. The van der Waals surface area contributed by atoms with Crippen LogP contribution < -0.4 is 11.1 Å². The van der Waals surface area contributed by atoms with Crippen LogP contribution in [0.1, 0.15) is 26.4 Å². The topological polar surface area (TPSA) is 109 Å². The van der Waals surface area contributed by atoms with E-state index in [4.69, 9.17) is 11.0 Å². The molecule has 0 radical (unpaired) electrons. The fraction of sp³-hybridized carbons (Fsp3) is 0. The van der Waals surface area contributed by atoms with E-state index in [2.05, 4.69) is 10.3 Å². The SMILES string of the molecule is N#Cc1ccc(C(=O)NC(=O)c2ccccc2N)cn1. The number of pyridine rings is 1. The van der Waals surface area contributed by atoms with E-state index >= 15 is 0 Å². The average Bonchev–Trinajstić information content (AvgIpc) is 2.47. The second-order valence-electron chi connectivity index (χ2n) is 3.91. The molecular formula is C14H10N4O2. The molecule has 0 atom stereocenters. The molecule has 0 unspecified atom stereocenters. The van der Waals surface area contributed by atoms with Crippen LogP contribution in [0.2, 0.25) is 0 Å². The molecule has 2 rings (SSSR count). The summed E-state index contributed by atoms with van der Waals surface area (Å²) >= 11 is 0. The number of anilines is 1. The van der Waals surface area contributed by atoms with Crippen LogP contribution in [0.3, 0.4) is 0 Å². The number of carbonyl (C=O) groups excluding carboxylic acids is 2. The van der Waals surface area contributed by atoms with Gasteiger partial charge in [-0.15, -0.1) is 0 Å². The van der Waals surface area contributed by atoms with Crippen molar-refractivity contribution in [3.8, 4) is 6.07 Å². The maximum atomic E-state index is 11.9. The lowest BCUT2D eigenvalue weighted by Gasteiger charge is -2.06. The van der Waals surface area contributed by atoms with Crippen molar-refractivity contribution in [1.82, 2.24) is 10.3 Å². The van der Waals surface area contributed by atoms with Gasteiger partial charge in [0.15, 0.2) is 0 Å². The second kappa shape index (κ2) is 5.63. The zero-order valence-electron chi connectivity index (χ0n) is 10.3. The summed E-state index contributed by atoms with van der Waals surface area (Å²) < 4.78 is 0. The molecule has 3 N–H and O–H groups in total. The van der Waals surface area contributed by atoms with Crippen molar-refractivity contribution in [1.29, 1.82) is 5.26 Å². The molecule has 98 valence electrons. The van der Waals surface area contributed by atoms with Gasteiger partial charge in [0, 0.05) is 11.9 Å². The van der Waals surface area contributed by atoms with Crippen molar-refractivity contribution in [2.45, 2.75) is 0 Å². The number of imide groups is 1. The molecule has 0 bridgehead atoms. The Kier molecular flexibility index (Phi) is 3.72. The molecule has 0 spiro atoms. The van der Waals surface area contributed by atoms with Crippen LogP contribution in [-0.4, -0.2) is 16.8 Å². The predicted molar refractivity (Wildman–Crippen MR) is 71.6 cm³/mol. The van der Waals surface area contributed by atoms with Crippen LogP contribution in [0.5, 0.6) is 0 Å². The standard InChI is InChI=1S/C14H10N4O2/c15-7-10-6-5-9(8-17-10)13(19)18-14(20)11-3-1-2-4-12(11)16/h1-6,8H,16H2,(H,18,19,20). The van der Waals surface area contributed by atoms with Gasteiger partial charge >= 0.3 is 0 Å². The zero-order chi connectivity index (χ0) is 14.5. The minimum atomic E-state index is -0.602. The number of aromatic nitrogens is 1. The molecule has 0 aliphatic rings. The molecule has 6 heteroatoms. The molecular weight excluding hydrogens is 256 g/mol.